The number of piperidine rings is 2. The van der Waals surface area contributed by atoms with Crippen molar-refractivity contribution in [2.75, 3.05) is 36.0 Å². The lowest BCUT2D eigenvalue weighted by molar-refractivity contribution is -0.121. The average Bonchev–Trinajstić information content (AvgIpc) is 4.33. The molecule has 0 radical (unpaired) electrons. The molecular weight excluding hydrogens is 900 g/mol. The topological polar surface area (TPSA) is 81.2 Å². The number of likely N-dealkylation sites (tertiary alicyclic amines) is 2. The molecule has 12 rings (SSSR count). The van der Waals surface area contributed by atoms with Crippen molar-refractivity contribution in [3.63, 3.8) is 0 Å². The number of aryl methyl sites for hydroxylation is 1. The molecule has 352 valence electrons. The van der Waals surface area contributed by atoms with E-state index in [9.17, 15) is 19.2 Å². The van der Waals surface area contributed by atoms with Gasteiger partial charge in [-0.25, -0.2) is 0 Å². The molecule has 6 aliphatic rings. The third kappa shape index (κ3) is 9.34. The van der Waals surface area contributed by atoms with E-state index in [0.29, 0.717) is 23.7 Å². The van der Waals surface area contributed by atoms with Crippen LogP contribution in [0.2, 0.25) is 10.0 Å². The number of carbonyl (C=O) groups excluding carboxylic acids is 4. The van der Waals surface area contributed by atoms with Gasteiger partial charge in [0.1, 0.15) is 0 Å². The van der Waals surface area contributed by atoms with E-state index in [1.807, 2.05) is 160 Å². The van der Waals surface area contributed by atoms with Crippen molar-refractivity contribution in [2.45, 2.75) is 94.5 Å². The second kappa shape index (κ2) is 19.6. The van der Waals surface area contributed by atoms with E-state index in [4.69, 9.17) is 23.2 Å². The highest BCUT2D eigenvalue weighted by Gasteiger charge is 2.67. The van der Waals surface area contributed by atoms with E-state index < -0.39 is 5.41 Å². The maximum Gasteiger partial charge on any atom is 0.253 e. The van der Waals surface area contributed by atoms with Crippen LogP contribution in [0.25, 0.3) is 0 Å². The number of hydrogen-bond acceptors (Lipinski definition) is 4. The third-order valence-corrected chi connectivity index (χ3v) is 15.5. The summed E-state index contributed by atoms with van der Waals surface area (Å²) in [5, 5.41) is 1.51. The first-order chi connectivity index (χ1) is 33.6. The predicted molar refractivity (Wildman–Crippen MR) is 275 cm³/mol. The number of amides is 4. The van der Waals surface area contributed by atoms with E-state index in [1.54, 1.807) is 0 Å². The summed E-state index contributed by atoms with van der Waals surface area (Å²) < 4.78 is 0. The average molecular weight is 958 g/mol. The van der Waals surface area contributed by atoms with Gasteiger partial charge in [-0.2, -0.15) is 0 Å². The molecule has 2 atom stereocenters. The van der Waals surface area contributed by atoms with Gasteiger partial charge in [-0.3, -0.25) is 19.2 Å². The van der Waals surface area contributed by atoms with Crippen molar-refractivity contribution >= 4 is 58.2 Å². The summed E-state index contributed by atoms with van der Waals surface area (Å²) in [5.41, 5.74) is 9.38. The van der Waals surface area contributed by atoms with Gasteiger partial charge < -0.3 is 19.6 Å². The second-order valence-corrected chi connectivity index (χ2v) is 20.5. The lowest BCUT2D eigenvalue weighted by Gasteiger charge is -2.27. The summed E-state index contributed by atoms with van der Waals surface area (Å²) in [6.07, 6.45) is 9.44. The third-order valence-electron chi connectivity index (χ3n) is 15.0. The monoisotopic (exact) mass is 956 g/mol. The van der Waals surface area contributed by atoms with Crippen molar-refractivity contribution in [1.82, 2.24) is 9.80 Å². The number of para-hydroxylation sites is 2. The van der Waals surface area contributed by atoms with E-state index in [-0.39, 0.29) is 35.0 Å². The number of carbonyl (C=O) groups is 4. The van der Waals surface area contributed by atoms with Crippen molar-refractivity contribution in [3.8, 4) is 0 Å². The molecule has 2 spiro atoms. The Morgan fingerprint density at radius 2 is 1.00 bits per heavy atom. The number of halogens is 2. The minimum atomic E-state index is -0.494. The molecule has 2 aliphatic carbocycles. The Morgan fingerprint density at radius 3 is 1.51 bits per heavy atom. The Hall–Kier alpha value is -6.22. The predicted octanol–water partition coefficient (Wildman–Crippen LogP) is 12.5. The van der Waals surface area contributed by atoms with Crippen molar-refractivity contribution in [1.29, 1.82) is 0 Å². The molecule has 1 unspecified atom stereocenters. The lowest BCUT2D eigenvalue weighted by Crippen LogP contribution is -2.35. The Balaban J connectivity index is 0.000000141. The van der Waals surface area contributed by atoms with Gasteiger partial charge in [-0.15, -0.1) is 0 Å². The van der Waals surface area contributed by atoms with Gasteiger partial charge in [0, 0.05) is 64.6 Å². The first-order valence-electron chi connectivity index (χ1n) is 24.6. The number of benzene rings is 6. The van der Waals surface area contributed by atoms with Crippen molar-refractivity contribution in [2.24, 2.45) is 0 Å². The number of hydrogen-bond donors (Lipinski definition) is 0. The summed E-state index contributed by atoms with van der Waals surface area (Å²) in [4.78, 5) is 60.5. The van der Waals surface area contributed by atoms with Gasteiger partial charge in [0.15, 0.2) is 0 Å². The van der Waals surface area contributed by atoms with Crippen LogP contribution in [0.5, 0.6) is 0 Å². The van der Waals surface area contributed by atoms with Crippen molar-refractivity contribution in [3.05, 3.63) is 200 Å². The van der Waals surface area contributed by atoms with Gasteiger partial charge >= 0.3 is 0 Å². The molecule has 4 aliphatic heterocycles. The van der Waals surface area contributed by atoms with Crippen LogP contribution in [0.15, 0.2) is 146 Å². The van der Waals surface area contributed by atoms with Gasteiger partial charge in [-0.1, -0.05) is 114 Å². The molecule has 0 N–H and O–H groups in total. The number of fused-ring (bicyclic) bond motifs is 4. The highest BCUT2D eigenvalue weighted by atomic mass is 35.5. The van der Waals surface area contributed by atoms with Gasteiger partial charge in [0.05, 0.1) is 23.9 Å². The van der Waals surface area contributed by atoms with Crippen LogP contribution in [0, 0.1) is 6.92 Å². The Bertz CT molecular complexity index is 2860. The summed E-state index contributed by atoms with van der Waals surface area (Å²) >= 11 is 11.7. The summed E-state index contributed by atoms with van der Waals surface area (Å²) in [6, 6.07) is 47.5. The summed E-state index contributed by atoms with van der Waals surface area (Å²) in [5.74, 6) is 0.743. The van der Waals surface area contributed by atoms with Crippen LogP contribution < -0.4 is 9.80 Å². The van der Waals surface area contributed by atoms with E-state index >= 15 is 0 Å². The van der Waals surface area contributed by atoms with Crippen LogP contribution in [0.4, 0.5) is 11.4 Å². The normalized spacial score (nSPS) is 20.4. The number of anilines is 2. The van der Waals surface area contributed by atoms with Crippen LogP contribution >= 0.6 is 23.2 Å². The molecule has 6 aromatic carbocycles. The van der Waals surface area contributed by atoms with Crippen molar-refractivity contribution < 1.29 is 19.2 Å². The van der Waals surface area contributed by atoms with Crippen LogP contribution in [-0.2, 0) is 33.5 Å². The molecule has 69 heavy (non-hydrogen) atoms. The van der Waals surface area contributed by atoms with Gasteiger partial charge in [0.25, 0.3) is 11.8 Å². The zero-order valence-electron chi connectivity index (χ0n) is 39.2. The summed E-state index contributed by atoms with van der Waals surface area (Å²) in [7, 11) is 0. The fourth-order valence-corrected chi connectivity index (χ4v) is 11.3. The molecular formula is C59H58Cl2N4O4. The van der Waals surface area contributed by atoms with E-state index in [0.717, 1.165) is 115 Å². The minimum Gasteiger partial charge on any atom is -0.339 e. The zero-order chi connectivity index (χ0) is 47.7. The smallest absolute Gasteiger partial charge is 0.253 e. The standard InChI is InChI=1S/C29H27ClN2O2.C23H24N2O2.C7H7Cl/c30-23-13-11-21(12-14-23)25-18-29(25)24-9-2-3-10-26(24)32(28(29)34)19-20-7-6-8-22(17-20)27(33)31-15-4-1-5-16-31;26-21(24-13-4-1-5-14-24)18-8-6-7-17(15-18)16-25-20-10-3-2-9-19(20)23(11-12-23)22(25)27;1-6-2-4-7(8)5-3-6/h2-3,6-14,17,25H,1,4-5,15-16,18-19H2;2-3,6-10,15H,1,4-5,11-14,16H2;2-5H,1H3/t25?,29-;;/m1../s1. The lowest BCUT2D eigenvalue weighted by atomic mass is 9.92. The molecule has 8 nitrogen and oxygen atoms in total. The first kappa shape index (κ1) is 46.5. The molecule has 6 aromatic rings. The van der Waals surface area contributed by atoms with Crippen LogP contribution in [0.3, 0.4) is 0 Å². The largest absolute Gasteiger partial charge is 0.339 e. The molecule has 0 aromatic heterocycles. The molecule has 10 heteroatoms. The fourth-order valence-electron chi connectivity index (χ4n) is 11.0. The fraction of sp³-hybridized carbons (Fsp3) is 0.322. The van der Waals surface area contributed by atoms with Crippen LogP contribution in [-0.4, -0.2) is 59.6 Å². The van der Waals surface area contributed by atoms with Gasteiger partial charge in [-0.05, 0) is 153 Å². The maximum atomic E-state index is 13.9. The Morgan fingerprint density at radius 1 is 0.536 bits per heavy atom. The Labute approximate surface area is 415 Å². The quantitative estimate of drug-likeness (QED) is 0.160. The molecule has 4 amide bonds. The number of nitrogens with zero attached hydrogens (tertiary/aromatic N) is 4. The zero-order valence-corrected chi connectivity index (χ0v) is 40.7. The molecule has 2 saturated carbocycles. The van der Waals surface area contributed by atoms with Crippen LogP contribution in [0.1, 0.15) is 118 Å². The summed E-state index contributed by atoms with van der Waals surface area (Å²) in [6.45, 7) is 6.39. The molecule has 4 fully saturated rings. The molecule has 0 bridgehead atoms. The Kier molecular flexibility index (Phi) is 13.2. The highest BCUT2D eigenvalue weighted by molar-refractivity contribution is 6.30. The molecule has 4 heterocycles. The first-order valence-corrected chi connectivity index (χ1v) is 25.4. The maximum absolute atomic E-state index is 13.9. The molecule has 2 saturated heterocycles. The highest BCUT2D eigenvalue weighted by Crippen LogP contribution is 2.66. The SMILES string of the molecule is Cc1ccc(Cl)cc1.O=C(c1cccc(CN2C(=O)C3(CC3)c3ccccc32)c1)N1CCCCC1.O=C(c1cccc(CN2C(=O)[C@]3(CC3c3ccc(Cl)cc3)c3ccccc32)c1)N1CCCCC1. The second-order valence-electron chi connectivity index (χ2n) is 19.6. The minimum absolute atomic E-state index is 0.0937. The van der Waals surface area contributed by atoms with Gasteiger partial charge in [0.2, 0.25) is 11.8 Å². The van der Waals surface area contributed by atoms with E-state index in [2.05, 4.69) is 12.1 Å². The van der Waals surface area contributed by atoms with E-state index in [1.165, 1.54) is 24.0 Å². The number of rotatable bonds is 7.